The van der Waals surface area contributed by atoms with Crippen LogP contribution >= 0.6 is 0 Å². The molecule has 0 aliphatic heterocycles. The number of methoxy groups -OCH3 is 1. The average molecular weight is 275 g/mol. The zero-order chi connectivity index (χ0) is 14.5. The number of nitrogen functional groups attached to an aromatic ring is 1. The van der Waals surface area contributed by atoms with Crippen molar-refractivity contribution in [3.8, 4) is 0 Å². The molecule has 20 heavy (non-hydrogen) atoms. The number of benzene rings is 1. The zero-order valence-corrected chi connectivity index (χ0v) is 11.5. The van der Waals surface area contributed by atoms with Crippen molar-refractivity contribution in [1.29, 1.82) is 0 Å². The van der Waals surface area contributed by atoms with E-state index in [1.54, 1.807) is 29.2 Å². The highest BCUT2D eigenvalue weighted by Crippen LogP contribution is 2.24. The molecule has 1 heterocycles. The van der Waals surface area contributed by atoms with E-state index in [-0.39, 0.29) is 0 Å². The van der Waals surface area contributed by atoms with Crippen LogP contribution in [0.5, 0.6) is 0 Å². The number of rotatable bonds is 5. The molecule has 0 saturated carbocycles. The topological polar surface area (TPSA) is 95.1 Å². The van der Waals surface area contributed by atoms with Crippen molar-refractivity contribution in [3.05, 3.63) is 35.9 Å². The lowest BCUT2D eigenvalue weighted by molar-refractivity contribution is 0.0602. The number of ether oxygens (including phenoxy) is 1. The molecule has 2 aromatic rings. The Balaban J connectivity index is 2.06. The minimum absolute atomic E-state index is 0.418. The van der Waals surface area contributed by atoms with Crippen molar-refractivity contribution in [2.45, 2.75) is 6.42 Å². The van der Waals surface area contributed by atoms with Crippen LogP contribution in [0.1, 0.15) is 16.2 Å². The second-order valence-corrected chi connectivity index (χ2v) is 4.27. The normalized spacial score (nSPS) is 10.3. The van der Waals surface area contributed by atoms with Crippen LogP contribution in [0.3, 0.4) is 0 Å². The Morgan fingerprint density at radius 1 is 1.50 bits per heavy atom. The summed E-state index contributed by atoms with van der Waals surface area (Å²) >= 11 is 0. The molecule has 2 rings (SSSR count). The van der Waals surface area contributed by atoms with E-state index in [1.807, 2.05) is 7.05 Å². The summed E-state index contributed by atoms with van der Waals surface area (Å²) in [6.07, 6.45) is 2.28. The molecule has 1 aromatic heterocycles. The third-order valence-electron chi connectivity index (χ3n) is 2.80. The minimum atomic E-state index is -0.421. The predicted octanol–water partition coefficient (Wildman–Crippen LogP) is 0.838. The molecule has 0 saturated heterocycles. The van der Waals surface area contributed by atoms with E-state index in [2.05, 4.69) is 15.4 Å². The molecule has 7 nitrogen and oxygen atoms in total. The Bertz CT molecular complexity index is 609. The maximum Gasteiger partial charge on any atom is 0.340 e. The second kappa shape index (κ2) is 6.05. The fraction of sp³-hybridized carbons (Fsp3) is 0.308. The molecule has 3 N–H and O–H groups in total. The van der Waals surface area contributed by atoms with Crippen LogP contribution in [0.4, 0.5) is 11.4 Å². The van der Waals surface area contributed by atoms with Crippen molar-refractivity contribution in [2.24, 2.45) is 7.05 Å². The van der Waals surface area contributed by atoms with Gasteiger partial charge in [0, 0.05) is 20.0 Å². The Hall–Kier alpha value is -2.57. The molecule has 0 unspecified atom stereocenters. The van der Waals surface area contributed by atoms with E-state index < -0.39 is 5.97 Å². The van der Waals surface area contributed by atoms with Gasteiger partial charge < -0.3 is 15.8 Å². The molecular formula is C13H17N5O2. The summed E-state index contributed by atoms with van der Waals surface area (Å²) in [4.78, 5) is 15.8. The first-order valence-corrected chi connectivity index (χ1v) is 6.17. The molecule has 0 amide bonds. The van der Waals surface area contributed by atoms with Crippen molar-refractivity contribution in [1.82, 2.24) is 14.8 Å². The van der Waals surface area contributed by atoms with Crippen LogP contribution in [-0.4, -0.2) is 34.4 Å². The fourth-order valence-corrected chi connectivity index (χ4v) is 1.85. The largest absolute Gasteiger partial charge is 0.465 e. The van der Waals surface area contributed by atoms with Gasteiger partial charge in [-0.2, -0.15) is 5.10 Å². The van der Waals surface area contributed by atoms with Crippen LogP contribution < -0.4 is 11.1 Å². The van der Waals surface area contributed by atoms with E-state index in [4.69, 9.17) is 10.5 Å². The van der Waals surface area contributed by atoms with Gasteiger partial charge in [0.25, 0.3) is 0 Å². The highest BCUT2D eigenvalue weighted by molar-refractivity contribution is 5.98. The zero-order valence-electron chi connectivity index (χ0n) is 11.5. The number of para-hydroxylation sites is 1. The third kappa shape index (κ3) is 3.05. The lowest BCUT2D eigenvalue weighted by atomic mass is 10.1. The molecule has 0 radical (unpaired) electrons. The monoisotopic (exact) mass is 275 g/mol. The van der Waals surface area contributed by atoms with Crippen molar-refractivity contribution in [3.63, 3.8) is 0 Å². The number of aryl methyl sites for hydroxylation is 1. The quantitative estimate of drug-likeness (QED) is 0.620. The summed E-state index contributed by atoms with van der Waals surface area (Å²) in [7, 11) is 3.15. The smallest absolute Gasteiger partial charge is 0.340 e. The lowest BCUT2D eigenvalue weighted by Crippen LogP contribution is -2.13. The number of carbonyl (C=O) groups excluding carboxylic acids is 1. The van der Waals surface area contributed by atoms with Crippen LogP contribution in [0.2, 0.25) is 0 Å². The molecule has 0 atom stereocenters. The Morgan fingerprint density at radius 2 is 2.30 bits per heavy atom. The maximum atomic E-state index is 11.7. The molecule has 0 bridgehead atoms. The van der Waals surface area contributed by atoms with Gasteiger partial charge in [0.05, 0.1) is 24.0 Å². The van der Waals surface area contributed by atoms with Gasteiger partial charge in [0.15, 0.2) is 5.82 Å². The molecule has 0 spiro atoms. The number of hydrogen-bond donors (Lipinski definition) is 2. The van der Waals surface area contributed by atoms with Gasteiger partial charge in [-0.1, -0.05) is 6.07 Å². The summed E-state index contributed by atoms with van der Waals surface area (Å²) in [5.41, 5.74) is 7.39. The maximum absolute atomic E-state index is 11.7. The van der Waals surface area contributed by atoms with Gasteiger partial charge in [-0.15, -0.1) is 0 Å². The number of anilines is 2. The van der Waals surface area contributed by atoms with Crippen molar-refractivity contribution >= 4 is 17.3 Å². The second-order valence-electron chi connectivity index (χ2n) is 4.27. The number of hydrogen-bond acceptors (Lipinski definition) is 6. The summed E-state index contributed by atoms with van der Waals surface area (Å²) in [6, 6.07) is 5.12. The number of nitrogens with two attached hydrogens (primary N) is 1. The van der Waals surface area contributed by atoms with Gasteiger partial charge in [0.2, 0.25) is 0 Å². The SMILES string of the molecule is COC(=O)c1cccc(N)c1NCCc1ncn(C)n1. The van der Waals surface area contributed by atoms with Crippen molar-refractivity contribution < 1.29 is 9.53 Å². The van der Waals surface area contributed by atoms with E-state index in [0.29, 0.717) is 29.9 Å². The van der Waals surface area contributed by atoms with Crippen LogP contribution in [0, 0.1) is 0 Å². The van der Waals surface area contributed by atoms with Gasteiger partial charge >= 0.3 is 5.97 Å². The Kier molecular flexibility index (Phi) is 4.19. The van der Waals surface area contributed by atoms with E-state index >= 15 is 0 Å². The van der Waals surface area contributed by atoms with Crippen molar-refractivity contribution in [2.75, 3.05) is 24.7 Å². The highest BCUT2D eigenvalue weighted by Gasteiger charge is 2.13. The average Bonchev–Trinajstić information content (AvgIpc) is 2.85. The summed E-state index contributed by atoms with van der Waals surface area (Å²) in [6.45, 7) is 0.572. The molecule has 106 valence electrons. The van der Waals surface area contributed by atoms with Gasteiger partial charge in [-0.05, 0) is 12.1 Å². The lowest BCUT2D eigenvalue weighted by Gasteiger charge is -2.12. The van der Waals surface area contributed by atoms with Gasteiger partial charge in [-0.25, -0.2) is 9.78 Å². The van der Waals surface area contributed by atoms with E-state index in [0.717, 1.165) is 5.82 Å². The first-order valence-electron chi connectivity index (χ1n) is 6.17. The number of aromatic nitrogens is 3. The third-order valence-corrected chi connectivity index (χ3v) is 2.80. The fourth-order valence-electron chi connectivity index (χ4n) is 1.85. The highest BCUT2D eigenvalue weighted by atomic mass is 16.5. The van der Waals surface area contributed by atoms with Crippen LogP contribution in [0.25, 0.3) is 0 Å². The van der Waals surface area contributed by atoms with E-state index in [9.17, 15) is 4.79 Å². The van der Waals surface area contributed by atoms with Crippen LogP contribution in [0.15, 0.2) is 24.5 Å². The van der Waals surface area contributed by atoms with E-state index in [1.165, 1.54) is 7.11 Å². The minimum Gasteiger partial charge on any atom is -0.465 e. The standard InChI is InChI=1S/C13H17N5O2/c1-18-8-16-11(17-18)6-7-15-12-9(13(19)20-2)4-3-5-10(12)14/h3-5,8,15H,6-7,14H2,1-2H3. The number of carbonyl (C=O) groups is 1. The molecule has 7 heteroatoms. The summed E-state index contributed by atoms with van der Waals surface area (Å²) < 4.78 is 6.38. The Labute approximate surface area is 116 Å². The molecule has 0 aliphatic rings. The predicted molar refractivity (Wildman–Crippen MR) is 75.4 cm³/mol. The van der Waals surface area contributed by atoms with Gasteiger partial charge in [0.1, 0.15) is 6.33 Å². The molecule has 0 aliphatic carbocycles. The summed E-state index contributed by atoms with van der Waals surface area (Å²) in [5, 5.41) is 7.32. The van der Waals surface area contributed by atoms with Crippen LogP contribution in [-0.2, 0) is 18.2 Å². The molecule has 1 aromatic carbocycles. The molecular weight excluding hydrogens is 258 g/mol. The first kappa shape index (κ1) is 13.9. The summed E-state index contributed by atoms with van der Waals surface area (Å²) in [5.74, 6) is 0.310. The Morgan fingerprint density at radius 3 is 2.95 bits per heavy atom. The number of nitrogens with one attached hydrogen (secondary N) is 1. The number of esters is 1. The number of nitrogens with zero attached hydrogens (tertiary/aromatic N) is 3. The van der Waals surface area contributed by atoms with Gasteiger partial charge in [-0.3, -0.25) is 4.68 Å². The molecule has 0 fully saturated rings. The first-order chi connectivity index (χ1) is 9.61.